The lowest BCUT2D eigenvalue weighted by molar-refractivity contribution is -0.130. The second-order valence-corrected chi connectivity index (χ2v) is 4.75. The van der Waals surface area contributed by atoms with E-state index in [0.29, 0.717) is 19.5 Å². The van der Waals surface area contributed by atoms with Gasteiger partial charge in [0.05, 0.1) is 13.0 Å². The number of nitrogens with zero attached hydrogens (tertiary/aromatic N) is 1. The Kier molecular flexibility index (Phi) is 5.76. The summed E-state index contributed by atoms with van der Waals surface area (Å²) in [5.74, 6) is 0.0681. The van der Waals surface area contributed by atoms with Gasteiger partial charge >= 0.3 is 0 Å². The van der Waals surface area contributed by atoms with Crippen LogP contribution in [0.5, 0.6) is 0 Å². The molecule has 4 heteroatoms. The van der Waals surface area contributed by atoms with Crippen molar-refractivity contribution in [2.24, 2.45) is 0 Å². The number of carbonyl (C=O) groups is 1. The van der Waals surface area contributed by atoms with Crippen molar-refractivity contribution in [2.75, 3.05) is 19.7 Å². The van der Waals surface area contributed by atoms with Crippen molar-refractivity contribution in [2.45, 2.75) is 13.3 Å². The Labute approximate surface area is 110 Å². The number of halogens is 1. The van der Waals surface area contributed by atoms with Gasteiger partial charge in [-0.2, -0.15) is 0 Å². The predicted molar refractivity (Wildman–Crippen MR) is 72.2 cm³/mol. The van der Waals surface area contributed by atoms with Gasteiger partial charge in [0.25, 0.3) is 0 Å². The topological polar surface area (TPSA) is 40.5 Å². The van der Waals surface area contributed by atoms with E-state index < -0.39 is 0 Å². The maximum atomic E-state index is 11.9. The predicted octanol–water partition coefficient (Wildman–Crippen LogP) is 1.67. The van der Waals surface area contributed by atoms with E-state index in [9.17, 15) is 4.79 Å². The molecule has 0 spiro atoms. The molecule has 1 aromatic rings. The molecule has 0 aliphatic heterocycles. The molecule has 0 bridgehead atoms. The second-order valence-electron chi connectivity index (χ2n) is 3.50. The lowest BCUT2D eigenvalue weighted by Gasteiger charge is -2.19. The van der Waals surface area contributed by atoms with E-state index in [1.54, 1.807) is 4.90 Å². The van der Waals surface area contributed by atoms with E-state index in [-0.39, 0.29) is 12.5 Å². The van der Waals surface area contributed by atoms with Gasteiger partial charge in [-0.05, 0) is 47.2 Å². The van der Waals surface area contributed by atoms with Crippen LogP contribution in [0.3, 0.4) is 0 Å². The number of benzene rings is 1. The Morgan fingerprint density at radius 1 is 1.50 bits per heavy atom. The number of carbonyl (C=O) groups excluding carboxylic acids is 1. The minimum atomic E-state index is 0.0197. The highest BCUT2D eigenvalue weighted by molar-refractivity contribution is 14.1. The van der Waals surface area contributed by atoms with E-state index in [1.807, 2.05) is 31.2 Å². The first-order chi connectivity index (χ1) is 7.67. The molecule has 1 N–H and O–H groups in total. The molecule has 0 fully saturated rings. The zero-order valence-electron chi connectivity index (χ0n) is 9.32. The largest absolute Gasteiger partial charge is 0.395 e. The summed E-state index contributed by atoms with van der Waals surface area (Å²) in [6, 6.07) is 7.91. The van der Waals surface area contributed by atoms with Crippen LogP contribution in [0.2, 0.25) is 0 Å². The molecule has 88 valence electrons. The van der Waals surface area contributed by atoms with E-state index in [0.717, 1.165) is 9.13 Å². The first-order valence-corrected chi connectivity index (χ1v) is 6.38. The second kappa shape index (κ2) is 6.85. The van der Waals surface area contributed by atoms with Crippen molar-refractivity contribution < 1.29 is 9.90 Å². The quantitative estimate of drug-likeness (QED) is 0.833. The van der Waals surface area contributed by atoms with Gasteiger partial charge in [-0.3, -0.25) is 4.79 Å². The molecule has 1 amide bonds. The number of likely N-dealkylation sites (N-methyl/N-ethyl adjacent to an activating group) is 1. The van der Waals surface area contributed by atoms with Gasteiger partial charge in [-0.25, -0.2) is 0 Å². The highest BCUT2D eigenvalue weighted by atomic mass is 127. The van der Waals surface area contributed by atoms with Crippen LogP contribution in [-0.2, 0) is 11.2 Å². The van der Waals surface area contributed by atoms with Crippen molar-refractivity contribution in [3.63, 3.8) is 0 Å². The lowest BCUT2D eigenvalue weighted by atomic mass is 10.1. The summed E-state index contributed by atoms with van der Waals surface area (Å²) < 4.78 is 1.13. The average molecular weight is 333 g/mol. The first-order valence-electron chi connectivity index (χ1n) is 5.30. The van der Waals surface area contributed by atoms with Crippen molar-refractivity contribution in [3.8, 4) is 0 Å². The molecule has 3 nitrogen and oxygen atoms in total. The summed E-state index contributed by atoms with van der Waals surface area (Å²) in [6.45, 7) is 3.00. The summed E-state index contributed by atoms with van der Waals surface area (Å²) in [5, 5.41) is 8.83. The van der Waals surface area contributed by atoms with Crippen molar-refractivity contribution >= 4 is 28.5 Å². The minimum Gasteiger partial charge on any atom is -0.395 e. The molecule has 1 aromatic carbocycles. The number of aliphatic hydroxyl groups excluding tert-OH is 1. The van der Waals surface area contributed by atoms with Gasteiger partial charge in [0.15, 0.2) is 0 Å². The van der Waals surface area contributed by atoms with Gasteiger partial charge in [-0.1, -0.05) is 12.1 Å². The molecule has 0 saturated carbocycles. The molecule has 0 heterocycles. The van der Waals surface area contributed by atoms with Crippen LogP contribution in [0.25, 0.3) is 0 Å². The summed E-state index contributed by atoms with van der Waals surface area (Å²) in [4.78, 5) is 13.5. The smallest absolute Gasteiger partial charge is 0.227 e. The Morgan fingerprint density at radius 3 is 2.81 bits per heavy atom. The minimum absolute atomic E-state index is 0.0197. The standard InChI is InChI=1S/C12H16INO2/c1-2-14(6-7-15)12(16)9-10-4-3-5-11(13)8-10/h3-5,8,15H,2,6-7,9H2,1H3. The van der Waals surface area contributed by atoms with Crippen LogP contribution in [0, 0.1) is 3.57 Å². The Hall–Kier alpha value is -0.620. The van der Waals surface area contributed by atoms with E-state index >= 15 is 0 Å². The maximum absolute atomic E-state index is 11.9. The molecular weight excluding hydrogens is 317 g/mol. The van der Waals surface area contributed by atoms with Crippen LogP contribution in [0.4, 0.5) is 0 Å². The molecule has 0 radical (unpaired) electrons. The number of amides is 1. The molecule has 0 aliphatic rings. The van der Waals surface area contributed by atoms with Crippen LogP contribution >= 0.6 is 22.6 Å². The third-order valence-corrected chi connectivity index (χ3v) is 3.02. The molecule has 1 rings (SSSR count). The number of aliphatic hydroxyl groups is 1. The number of rotatable bonds is 5. The molecule has 0 saturated heterocycles. The van der Waals surface area contributed by atoms with E-state index in [2.05, 4.69) is 22.6 Å². The average Bonchev–Trinajstić information content (AvgIpc) is 2.25. The number of hydrogen-bond donors (Lipinski definition) is 1. The van der Waals surface area contributed by atoms with Crippen LogP contribution in [0.1, 0.15) is 12.5 Å². The van der Waals surface area contributed by atoms with Crippen molar-refractivity contribution in [1.82, 2.24) is 4.90 Å². The lowest BCUT2D eigenvalue weighted by Crippen LogP contribution is -2.34. The highest BCUT2D eigenvalue weighted by Crippen LogP contribution is 2.09. The van der Waals surface area contributed by atoms with Gasteiger partial charge < -0.3 is 10.0 Å². The molecule has 0 atom stereocenters. The van der Waals surface area contributed by atoms with E-state index in [4.69, 9.17) is 5.11 Å². The highest BCUT2D eigenvalue weighted by Gasteiger charge is 2.11. The van der Waals surface area contributed by atoms with Crippen molar-refractivity contribution in [3.05, 3.63) is 33.4 Å². The third kappa shape index (κ3) is 4.09. The van der Waals surface area contributed by atoms with Crippen LogP contribution < -0.4 is 0 Å². The molecular formula is C12H16INO2. The fourth-order valence-corrected chi connectivity index (χ4v) is 2.12. The summed E-state index contributed by atoms with van der Waals surface area (Å²) in [5.41, 5.74) is 1.02. The Bertz CT molecular complexity index is 355. The summed E-state index contributed by atoms with van der Waals surface area (Å²) in [6.07, 6.45) is 0.407. The fourth-order valence-electron chi connectivity index (χ4n) is 1.51. The summed E-state index contributed by atoms with van der Waals surface area (Å²) >= 11 is 2.23. The Morgan fingerprint density at radius 2 is 2.25 bits per heavy atom. The SMILES string of the molecule is CCN(CCO)C(=O)Cc1cccc(I)c1. The Balaban J connectivity index is 2.62. The van der Waals surface area contributed by atoms with Gasteiger partial charge in [0.1, 0.15) is 0 Å². The van der Waals surface area contributed by atoms with Crippen LogP contribution in [0.15, 0.2) is 24.3 Å². The third-order valence-electron chi connectivity index (χ3n) is 2.35. The van der Waals surface area contributed by atoms with Gasteiger partial charge in [0, 0.05) is 16.7 Å². The molecule has 0 aromatic heterocycles. The fraction of sp³-hybridized carbons (Fsp3) is 0.417. The van der Waals surface area contributed by atoms with Crippen molar-refractivity contribution in [1.29, 1.82) is 0 Å². The molecule has 0 unspecified atom stereocenters. The molecule has 16 heavy (non-hydrogen) atoms. The first kappa shape index (κ1) is 13.4. The zero-order chi connectivity index (χ0) is 12.0. The summed E-state index contributed by atoms with van der Waals surface area (Å²) in [7, 11) is 0. The maximum Gasteiger partial charge on any atom is 0.227 e. The van der Waals surface area contributed by atoms with E-state index in [1.165, 1.54) is 0 Å². The van der Waals surface area contributed by atoms with Crippen LogP contribution in [-0.4, -0.2) is 35.6 Å². The zero-order valence-corrected chi connectivity index (χ0v) is 11.5. The number of hydrogen-bond acceptors (Lipinski definition) is 2. The van der Waals surface area contributed by atoms with Gasteiger partial charge in [0.2, 0.25) is 5.91 Å². The monoisotopic (exact) mass is 333 g/mol. The normalized spacial score (nSPS) is 10.2. The van der Waals surface area contributed by atoms with Gasteiger partial charge in [-0.15, -0.1) is 0 Å². The molecule has 0 aliphatic carbocycles.